The molecule has 0 aliphatic carbocycles. The summed E-state index contributed by atoms with van der Waals surface area (Å²) in [7, 11) is -4.40. The zero-order valence-electron chi connectivity index (χ0n) is 22.3. The smallest absolute Gasteiger partial charge is 0.277 e. The van der Waals surface area contributed by atoms with E-state index in [0.717, 1.165) is 23.1 Å². The lowest BCUT2D eigenvalue weighted by molar-refractivity contribution is 0.406. The normalized spacial score (nSPS) is 12.2. The van der Waals surface area contributed by atoms with Crippen molar-refractivity contribution < 1.29 is 13.5 Å². The number of rotatable bonds is 9. The van der Waals surface area contributed by atoms with Gasteiger partial charge in [0, 0.05) is 6.42 Å². The molecular formula is C31H31N3O4S. The Kier molecular flexibility index (Phi) is 8.32. The predicted octanol–water partition coefficient (Wildman–Crippen LogP) is 5.97. The average Bonchev–Trinajstić information content (AvgIpc) is 2.94. The first-order valence-electron chi connectivity index (χ1n) is 13.0. The number of sulfone groups is 1. The third kappa shape index (κ3) is 5.50. The lowest BCUT2D eigenvalue weighted by Gasteiger charge is -2.23. The van der Waals surface area contributed by atoms with Crippen LogP contribution in [0.4, 0.5) is 0 Å². The fourth-order valence-electron chi connectivity index (χ4n) is 4.83. The monoisotopic (exact) mass is 541 g/mol. The summed E-state index contributed by atoms with van der Waals surface area (Å²) in [5.74, 6) is -0.492. The second-order valence-corrected chi connectivity index (χ2v) is 11.4. The van der Waals surface area contributed by atoms with E-state index in [9.17, 15) is 23.6 Å². The minimum atomic E-state index is -4.40. The predicted molar refractivity (Wildman–Crippen MR) is 150 cm³/mol. The highest BCUT2D eigenvalue weighted by Gasteiger charge is 2.31. The lowest BCUT2D eigenvalue weighted by Crippen LogP contribution is -2.33. The molecule has 4 aromatic rings. The van der Waals surface area contributed by atoms with Gasteiger partial charge < -0.3 is 5.11 Å². The minimum Gasteiger partial charge on any atom is -0.492 e. The molecule has 0 unspecified atom stereocenters. The van der Waals surface area contributed by atoms with Crippen molar-refractivity contribution in [2.24, 2.45) is 0 Å². The van der Waals surface area contributed by atoms with E-state index >= 15 is 0 Å². The average molecular weight is 542 g/mol. The van der Waals surface area contributed by atoms with Gasteiger partial charge in [0.1, 0.15) is 5.82 Å². The second kappa shape index (κ2) is 11.7. The van der Waals surface area contributed by atoms with Crippen LogP contribution in [0, 0.1) is 18.3 Å². The molecular weight excluding hydrogens is 510 g/mol. The molecule has 1 N–H and O–H groups in total. The second-order valence-electron chi connectivity index (χ2n) is 9.46. The molecule has 0 saturated carbocycles. The van der Waals surface area contributed by atoms with E-state index in [1.54, 1.807) is 36.4 Å². The number of nitrogens with zero attached hydrogens (tertiary/aromatic N) is 3. The van der Waals surface area contributed by atoms with Crippen LogP contribution in [0.15, 0.2) is 87.4 Å². The molecule has 1 heterocycles. The van der Waals surface area contributed by atoms with Gasteiger partial charge in [-0.05, 0) is 66.3 Å². The van der Waals surface area contributed by atoms with Crippen molar-refractivity contribution in [3.8, 4) is 23.1 Å². The zero-order chi connectivity index (χ0) is 28.2. The molecule has 39 heavy (non-hydrogen) atoms. The van der Waals surface area contributed by atoms with E-state index in [-0.39, 0.29) is 4.90 Å². The van der Waals surface area contributed by atoms with E-state index in [1.165, 1.54) is 16.7 Å². The Morgan fingerprint density at radius 3 is 2.38 bits per heavy atom. The molecule has 8 heteroatoms. The summed E-state index contributed by atoms with van der Waals surface area (Å²) in [6, 6.07) is 22.5. The Labute approximate surface area is 229 Å². The van der Waals surface area contributed by atoms with Crippen LogP contribution in [0.5, 0.6) is 5.88 Å². The van der Waals surface area contributed by atoms with Crippen LogP contribution in [-0.2, 0) is 16.3 Å². The molecule has 0 fully saturated rings. The first kappa shape index (κ1) is 27.8. The Morgan fingerprint density at radius 2 is 1.74 bits per heavy atom. The number of nitriles is 1. The molecule has 0 aliphatic heterocycles. The number of aromatic nitrogens is 2. The fourth-order valence-corrected chi connectivity index (χ4v) is 6.17. The van der Waals surface area contributed by atoms with Gasteiger partial charge in [0.2, 0.25) is 15.7 Å². The Balaban J connectivity index is 1.88. The summed E-state index contributed by atoms with van der Waals surface area (Å²) < 4.78 is 28.9. The first-order chi connectivity index (χ1) is 18.7. The van der Waals surface area contributed by atoms with E-state index in [2.05, 4.69) is 11.1 Å². The number of aromatic hydroxyl groups is 1. The van der Waals surface area contributed by atoms with E-state index in [0.29, 0.717) is 36.2 Å². The van der Waals surface area contributed by atoms with Gasteiger partial charge in [-0.25, -0.2) is 8.42 Å². The van der Waals surface area contributed by atoms with Crippen LogP contribution in [0.2, 0.25) is 0 Å². The van der Waals surface area contributed by atoms with Crippen LogP contribution >= 0.6 is 0 Å². The molecule has 0 aliphatic rings. The summed E-state index contributed by atoms with van der Waals surface area (Å²) in [4.78, 5) is 17.4. The van der Waals surface area contributed by atoms with Gasteiger partial charge in [0.25, 0.3) is 5.56 Å². The summed E-state index contributed by atoms with van der Waals surface area (Å²) in [6.45, 7) is 5.85. The molecule has 3 aromatic carbocycles. The molecule has 0 bridgehead atoms. The largest absolute Gasteiger partial charge is 0.492 e. The van der Waals surface area contributed by atoms with Crippen molar-refractivity contribution in [1.82, 2.24) is 9.55 Å². The SMILES string of the molecule is CCCCc1nc(O)c(S(=O)(=O)c2ccc(-c3ccccc3C)cc2)c(=O)n1[C@@H](CC)c1cccc(C#N)c1. The van der Waals surface area contributed by atoms with Crippen LogP contribution in [0.1, 0.15) is 61.7 Å². The van der Waals surface area contributed by atoms with Crippen molar-refractivity contribution in [3.05, 3.63) is 106 Å². The summed E-state index contributed by atoms with van der Waals surface area (Å²) in [5, 5.41) is 20.2. The third-order valence-corrected chi connectivity index (χ3v) is 8.66. The van der Waals surface area contributed by atoms with Gasteiger partial charge in [0.05, 0.1) is 22.6 Å². The van der Waals surface area contributed by atoms with Gasteiger partial charge in [-0.15, -0.1) is 0 Å². The number of unbranched alkanes of at least 4 members (excludes halogenated alkanes) is 1. The molecule has 1 aromatic heterocycles. The maximum Gasteiger partial charge on any atom is 0.277 e. The number of hydrogen-bond acceptors (Lipinski definition) is 6. The summed E-state index contributed by atoms with van der Waals surface area (Å²) in [5.41, 5.74) is 3.15. The highest BCUT2D eigenvalue weighted by molar-refractivity contribution is 7.91. The zero-order valence-corrected chi connectivity index (χ0v) is 23.1. The maximum atomic E-state index is 14.0. The highest BCUT2D eigenvalue weighted by Crippen LogP contribution is 2.31. The highest BCUT2D eigenvalue weighted by atomic mass is 32.2. The number of hydrogen-bond donors (Lipinski definition) is 1. The lowest BCUT2D eigenvalue weighted by atomic mass is 10.0. The molecule has 0 spiro atoms. The fraction of sp³-hybridized carbons (Fsp3) is 0.258. The summed E-state index contributed by atoms with van der Waals surface area (Å²) in [6.07, 6.45) is 2.36. The number of benzene rings is 3. The maximum absolute atomic E-state index is 14.0. The molecule has 200 valence electrons. The third-order valence-electron chi connectivity index (χ3n) is 6.87. The van der Waals surface area contributed by atoms with Crippen LogP contribution < -0.4 is 5.56 Å². The van der Waals surface area contributed by atoms with Crippen molar-refractivity contribution in [2.75, 3.05) is 0 Å². The molecule has 0 amide bonds. The van der Waals surface area contributed by atoms with Crippen molar-refractivity contribution >= 4 is 9.84 Å². The Morgan fingerprint density at radius 1 is 1.03 bits per heavy atom. The summed E-state index contributed by atoms with van der Waals surface area (Å²) >= 11 is 0. The standard InChI is InChI=1S/C31H31N3O4S/c1-4-6-14-28-33-30(35)29(31(36)34(28)27(5-2)24-12-9-11-22(19-24)20-32)39(37,38)25-17-15-23(16-18-25)26-13-8-7-10-21(26)3/h7-13,15-19,27,35H,4-6,14H2,1-3H3/t27-/m0/s1. The van der Waals surface area contributed by atoms with Crippen molar-refractivity contribution in [1.29, 1.82) is 5.26 Å². The van der Waals surface area contributed by atoms with E-state index in [1.807, 2.05) is 45.0 Å². The topological polar surface area (TPSA) is 113 Å². The van der Waals surface area contributed by atoms with Gasteiger partial charge >= 0.3 is 0 Å². The number of aryl methyl sites for hydroxylation is 2. The Bertz CT molecular complexity index is 1700. The first-order valence-corrected chi connectivity index (χ1v) is 14.5. The Hall–Kier alpha value is -4.22. The molecule has 1 atom stereocenters. The van der Waals surface area contributed by atoms with E-state index in [4.69, 9.17) is 0 Å². The van der Waals surface area contributed by atoms with Crippen LogP contribution in [-0.4, -0.2) is 23.1 Å². The molecule has 0 radical (unpaired) electrons. The van der Waals surface area contributed by atoms with Gasteiger partial charge in [-0.3, -0.25) is 9.36 Å². The van der Waals surface area contributed by atoms with Crippen LogP contribution in [0.3, 0.4) is 0 Å². The van der Waals surface area contributed by atoms with Gasteiger partial charge in [-0.2, -0.15) is 10.2 Å². The van der Waals surface area contributed by atoms with Crippen LogP contribution in [0.25, 0.3) is 11.1 Å². The quantitative estimate of drug-likeness (QED) is 0.279. The molecule has 4 rings (SSSR count). The molecule has 0 saturated heterocycles. The molecule has 7 nitrogen and oxygen atoms in total. The van der Waals surface area contributed by atoms with Crippen molar-refractivity contribution in [2.45, 2.75) is 62.3 Å². The van der Waals surface area contributed by atoms with Gasteiger partial charge in [-0.1, -0.05) is 68.8 Å². The van der Waals surface area contributed by atoms with E-state index < -0.39 is 32.2 Å². The van der Waals surface area contributed by atoms with Crippen molar-refractivity contribution in [3.63, 3.8) is 0 Å². The van der Waals surface area contributed by atoms with Gasteiger partial charge in [0.15, 0.2) is 4.90 Å². The minimum absolute atomic E-state index is 0.110.